The van der Waals surface area contributed by atoms with Crippen LogP contribution in [0.4, 0.5) is 4.79 Å². The smallest absolute Gasteiger partial charge is 0.317 e. The molecule has 1 atom stereocenters. The number of nitrogens with one attached hydrogen (secondary N) is 1. The van der Waals surface area contributed by atoms with Crippen LogP contribution in [0.3, 0.4) is 0 Å². The molecule has 100 valence electrons. The van der Waals surface area contributed by atoms with Gasteiger partial charge in [-0.15, -0.1) is 0 Å². The summed E-state index contributed by atoms with van der Waals surface area (Å²) in [6, 6.07) is 0.283. The van der Waals surface area contributed by atoms with E-state index < -0.39 is 0 Å². The molecule has 17 heavy (non-hydrogen) atoms. The van der Waals surface area contributed by atoms with Crippen LogP contribution < -0.4 is 5.32 Å². The van der Waals surface area contributed by atoms with Gasteiger partial charge in [0.25, 0.3) is 0 Å². The number of ether oxygens (including phenoxy) is 1. The second-order valence-corrected chi connectivity index (χ2v) is 4.89. The molecule has 0 saturated carbocycles. The molecule has 1 N–H and O–H groups in total. The molecule has 1 unspecified atom stereocenters. The molecule has 4 heteroatoms. The lowest BCUT2D eigenvalue weighted by atomic mass is 9.86. The van der Waals surface area contributed by atoms with E-state index in [9.17, 15) is 4.79 Å². The van der Waals surface area contributed by atoms with Crippen molar-refractivity contribution in [3.05, 3.63) is 0 Å². The van der Waals surface area contributed by atoms with Crippen molar-refractivity contribution in [3.63, 3.8) is 0 Å². The number of amides is 2. The number of hydrogen-bond acceptors (Lipinski definition) is 2. The molecule has 0 bridgehead atoms. The van der Waals surface area contributed by atoms with Crippen molar-refractivity contribution in [2.45, 2.75) is 58.1 Å². The predicted molar refractivity (Wildman–Crippen MR) is 69.1 cm³/mol. The fourth-order valence-electron chi connectivity index (χ4n) is 2.32. The third kappa shape index (κ3) is 3.60. The Kier molecular flexibility index (Phi) is 5.25. The lowest BCUT2D eigenvalue weighted by Gasteiger charge is -2.40. The van der Waals surface area contributed by atoms with E-state index in [-0.39, 0.29) is 17.7 Å². The van der Waals surface area contributed by atoms with Crippen molar-refractivity contribution in [1.82, 2.24) is 10.2 Å². The van der Waals surface area contributed by atoms with Gasteiger partial charge < -0.3 is 15.0 Å². The number of carbonyl (C=O) groups is 1. The largest absolute Gasteiger partial charge is 0.375 e. The first-order valence-electron chi connectivity index (χ1n) is 6.72. The summed E-state index contributed by atoms with van der Waals surface area (Å²) in [4.78, 5) is 13.5. The van der Waals surface area contributed by atoms with E-state index >= 15 is 0 Å². The van der Waals surface area contributed by atoms with Gasteiger partial charge in [0.05, 0.1) is 5.60 Å². The Morgan fingerprint density at radius 1 is 1.41 bits per heavy atom. The molecule has 1 aliphatic rings. The molecule has 1 aliphatic heterocycles. The summed E-state index contributed by atoms with van der Waals surface area (Å²) in [7, 11) is 1.82. The summed E-state index contributed by atoms with van der Waals surface area (Å²) in [5.74, 6) is 0. The molecular formula is C13H26N2O2. The summed E-state index contributed by atoms with van der Waals surface area (Å²) in [6.07, 6.45) is 3.88. The quantitative estimate of drug-likeness (QED) is 0.822. The number of carbonyl (C=O) groups excluding carboxylic acids is 1. The topological polar surface area (TPSA) is 41.6 Å². The lowest BCUT2D eigenvalue weighted by molar-refractivity contribution is -0.0917. The van der Waals surface area contributed by atoms with Crippen LogP contribution in [0.25, 0.3) is 0 Å². The number of rotatable bonds is 4. The minimum atomic E-state index is -0.0268. The number of nitrogens with zero attached hydrogens (tertiary/aromatic N) is 1. The van der Waals surface area contributed by atoms with Crippen LogP contribution in [-0.4, -0.2) is 42.8 Å². The summed E-state index contributed by atoms with van der Waals surface area (Å²) in [6.45, 7) is 7.79. The average molecular weight is 242 g/mol. The Bertz CT molecular complexity index is 252. The summed E-state index contributed by atoms with van der Waals surface area (Å²) in [5.41, 5.74) is -0.0268. The number of urea groups is 1. The van der Waals surface area contributed by atoms with Crippen molar-refractivity contribution in [3.8, 4) is 0 Å². The first-order chi connectivity index (χ1) is 8.06. The maximum Gasteiger partial charge on any atom is 0.317 e. The van der Waals surface area contributed by atoms with Crippen LogP contribution in [-0.2, 0) is 4.74 Å². The Hall–Kier alpha value is -0.770. The fourth-order valence-corrected chi connectivity index (χ4v) is 2.32. The first-order valence-corrected chi connectivity index (χ1v) is 6.72. The first kappa shape index (κ1) is 14.3. The Balaban J connectivity index is 2.52. The predicted octanol–water partition coefficient (Wildman–Crippen LogP) is 2.39. The normalized spacial score (nSPS) is 23.2. The molecule has 0 aliphatic carbocycles. The zero-order chi connectivity index (χ0) is 12.9. The van der Waals surface area contributed by atoms with Crippen molar-refractivity contribution >= 4 is 6.03 Å². The van der Waals surface area contributed by atoms with Gasteiger partial charge in [0.15, 0.2) is 0 Å². The molecule has 0 radical (unpaired) electrons. The van der Waals surface area contributed by atoms with Crippen molar-refractivity contribution in [1.29, 1.82) is 0 Å². The molecule has 1 saturated heterocycles. The third-order valence-corrected chi connectivity index (χ3v) is 3.93. The van der Waals surface area contributed by atoms with Gasteiger partial charge in [-0.25, -0.2) is 4.79 Å². The monoisotopic (exact) mass is 242 g/mol. The van der Waals surface area contributed by atoms with Gasteiger partial charge in [0.2, 0.25) is 0 Å². The minimum Gasteiger partial charge on any atom is -0.375 e. The van der Waals surface area contributed by atoms with Crippen LogP contribution >= 0.6 is 0 Å². The van der Waals surface area contributed by atoms with E-state index in [4.69, 9.17) is 4.74 Å². The Morgan fingerprint density at radius 2 is 2.06 bits per heavy atom. The second-order valence-electron chi connectivity index (χ2n) is 4.89. The molecule has 0 aromatic heterocycles. The lowest BCUT2D eigenvalue weighted by Crippen LogP contribution is -2.50. The van der Waals surface area contributed by atoms with Crippen LogP contribution in [0.2, 0.25) is 0 Å². The van der Waals surface area contributed by atoms with Crippen molar-refractivity contribution in [2.75, 3.05) is 20.2 Å². The Labute approximate surface area is 105 Å². The number of hydrogen-bond donors (Lipinski definition) is 1. The van der Waals surface area contributed by atoms with Gasteiger partial charge >= 0.3 is 6.03 Å². The van der Waals surface area contributed by atoms with Gasteiger partial charge in [-0.1, -0.05) is 13.8 Å². The zero-order valence-corrected chi connectivity index (χ0v) is 11.6. The zero-order valence-electron chi connectivity index (χ0n) is 11.6. The van der Waals surface area contributed by atoms with Gasteiger partial charge in [0.1, 0.15) is 0 Å². The molecule has 0 aromatic carbocycles. The van der Waals surface area contributed by atoms with E-state index in [1.165, 1.54) is 0 Å². The molecule has 4 nitrogen and oxygen atoms in total. The molecule has 2 amide bonds. The van der Waals surface area contributed by atoms with E-state index in [2.05, 4.69) is 19.2 Å². The van der Waals surface area contributed by atoms with E-state index in [1.54, 1.807) is 4.90 Å². The average Bonchev–Trinajstić information content (AvgIpc) is 2.37. The van der Waals surface area contributed by atoms with Gasteiger partial charge in [0, 0.05) is 26.2 Å². The minimum absolute atomic E-state index is 0.0268. The molecule has 0 aromatic rings. The van der Waals surface area contributed by atoms with Gasteiger partial charge in [-0.2, -0.15) is 0 Å². The highest BCUT2D eigenvalue weighted by molar-refractivity contribution is 5.74. The van der Waals surface area contributed by atoms with Crippen LogP contribution in [0.5, 0.6) is 0 Å². The summed E-state index contributed by atoms with van der Waals surface area (Å²) < 4.78 is 5.90. The van der Waals surface area contributed by atoms with E-state index in [0.717, 1.165) is 38.8 Å². The highest BCUT2D eigenvalue weighted by Gasteiger charge is 2.35. The summed E-state index contributed by atoms with van der Waals surface area (Å²) >= 11 is 0. The van der Waals surface area contributed by atoms with E-state index in [1.807, 2.05) is 14.0 Å². The standard InChI is InChI=1S/C13H26N2O2/c1-5-13(6-2)10-11(8-9-17-13)14-12(16)15(4)7-3/h11H,5-10H2,1-4H3,(H,14,16). The molecule has 1 rings (SSSR count). The Morgan fingerprint density at radius 3 is 2.59 bits per heavy atom. The van der Waals surface area contributed by atoms with Crippen LogP contribution in [0, 0.1) is 0 Å². The second kappa shape index (κ2) is 6.24. The maximum absolute atomic E-state index is 11.8. The van der Waals surface area contributed by atoms with Crippen molar-refractivity contribution in [2.24, 2.45) is 0 Å². The molecule has 1 heterocycles. The fraction of sp³-hybridized carbons (Fsp3) is 0.923. The summed E-state index contributed by atoms with van der Waals surface area (Å²) in [5, 5.41) is 3.10. The van der Waals surface area contributed by atoms with Gasteiger partial charge in [-0.3, -0.25) is 0 Å². The molecular weight excluding hydrogens is 216 g/mol. The van der Waals surface area contributed by atoms with Crippen LogP contribution in [0.15, 0.2) is 0 Å². The van der Waals surface area contributed by atoms with Crippen molar-refractivity contribution < 1.29 is 9.53 Å². The highest BCUT2D eigenvalue weighted by Crippen LogP contribution is 2.31. The van der Waals surface area contributed by atoms with E-state index in [0.29, 0.717) is 0 Å². The molecule has 1 fully saturated rings. The SMILES string of the molecule is CCN(C)C(=O)NC1CCOC(CC)(CC)C1. The maximum atomic E-state index is 11.8. The van der Waals surface area contributed by atoms with Gasteiger partial charge in [-0.05, 0) is 32.6 Å². The van der Waals surface area contributed by atoms with Crippen LogP contribution in [0.1, 0.15) is 46.5 Å². The third-order valence-electron chi connectivity index (χ3n) is 3.93. The highest BCUT2D eigenvalue weighted by atomic mass is 16.5. The molecule has 0 spiro atoms.